The van der Waals surface area contributed by atoms with Crippen LogP contribution in [0.2, 0.25) is 0 Å². The summed E-state index contributed by atoms with van der Waals surface area (Å²) in [7, 11) is 0. The Bertz CT molecular complexity index is 610. The molecule has 1 aliphatic rings. The van der Waals surface area contributed by atoms with Crippen molar-refractivity contribution in [3.8, 4) is 5.69 Å². The van der Waals surface area contributed by atoms with Crippen molar-refractivity contribution in [1.82, 2.24) is 25.1 Å². The van der Waals surface area contributed by atoms with Gasteiger partial charge in [0.05, 0.1) is 18.9 Å². The van der Waals surface area contributed by atoms with Gasteiger partial charge in [-0.3, -0.25) is 4.79 Å². The lowest BCUT2D eigenvalue weighted by Gasteiger charge is -2.27. The van der Waals surface area contributed by atoms with Crippen LogP contribution >= 0.6 is 15.9 Å². The lowest BCUT2D eigenvalue weighted by Crippen LogP contribution is -2.40. The Labute approximate surface area is 123 Å². The van der Waals surface area contributed by atoms with Gasteiger partial charge in [0.2, 0.25) is 0 Å². The fraction of sp³-hybridized carbons (Fsp3) is 0.333. The lowest BCUT2D eigenvalue weighted by molar-refractivity contribution is 0.0303. The van der Waals surface area contributed by atoms with Gasteiger partial charge in [-0.1, -0.05) is 0 Å². The van der Waals surface area contributed by atoms with Gasteiger partial charge in [0, 0.05) is 23.1 Å². The molecule has 0 N–H and O–H groups in total. The zero-order valence-electron chi connectivity index (χ0n) is 10.6. The van der Waals surface area contributed by atoms with Gasteiger partial charge in [-0.05, 0) is 44.6 Å². The standard InChI is InChI=1S/C12H12BrN5O2/c13-10-2-1-9(7-11(10)18-8-14-15-16-18)12(19)17-3-5-20-6-4-17/h1-2,7-8H,3-6H2. The molecule has 0 unspecified atom stereocenters. The summed E-state index contributed by atoms with van der Waals surface area (Å²) in [5.74, 6) is -0.00451. The normalized spacial score (nSPS) is 15.3. The molecule has 20 heavy (non-hydrogen) atoms. The van der Waals surface area contributed by atoms with E-state index in [0.717, 1.165) is 10.2 Å². The zero-order valence-corrected chi connectivity index (χ0v) is 12.2. The molecule has 3 rings (SSSR count). The summed E-state index contributed by atoms with van der Waals surface area (Å²) in [6.45, 7) is 2.41. The number of rotatable bonds is 2. The molecule has 1 aliphatic heterocycles. The summed E-state index contributed by atoms with van der Waals surface area (Å²) in [5.41, 5.74) is 1.34. The molecule has 2 heterocycles. The first kappa shape index (κ1) is 13.2. The van der Waals surface area contributed by atoms with Crippen LogP contribution < -0.4 is 0 Å². The fourth-order valence-corrected chi connectivity index (χ4v) is 2.47. The molecule has 0 bridgehead atoms. The molecule has 2 aromatic rings. The van der Waals surface area contributed by atoms with Crippen molar-refractivity contribution in [2.45, 2.75) is 0 Å². The summed E-state index contributed by atoms with van der Waals surface area (Å²) in [6, 6.07) is 5.39. The topological polar surface area (TPSA) is 73.1 Å². The molecule has 8 heteroatoms. The zero-order chi connectivity index (χ0) is 13.9. The highest BCUT2D eigenvalue weighted by atomic mass is 79.9. The van der Waals surface area contributed by atoms with Crippen molar-refractivity contribution in [2.75, 3.05) is 26.3 Å². The number of amides is 1. The third-order valence-electron chi connectivity index (χ3n) is 3.09. The van der Waals surface area contributed by atoms with E-state index in [4.69, 9.17) is 4.74 Å². The predicted molar refractivity (Wildman–Crippen MR) is 73.6 cm³/mol. The van der Waals surface area contributed by atoms with Crippen LogP contribution in [0.4, 0.5) is 0 Å². The van der Waals surface area contributed by atoms with Crippen LogP contribution in [-0.4, -0.2) is 57.3 Å². The molecule has 0 atom stereocenters. The first-order valence-electron chi connectivity index (χ1n) is 6.15. The van der Waals surface area contributed by atoms with E-state index in [2.05, 4.69) is 31.5 Å². The molecule has 1 amide bonds. The number of aromatic nitrogens is 4. The Kier molecular flexibility index (Phi) is 3.75. The van der Waals surface area contributed by atoms with E-state index in [1.54, 1.807) is 17.0 Å². The number of benzene rings is 1. The average Bonchev–Trinajstić information content (AvgIpc) is 3.02. The van der Waals surface area contributed by atoms with Crippen molar-refractivity contribution in [2.24, 2.45) is 0 Å². The number of hydrogen-bond donors (Lipinski definition) is 0. The van der Waals surface area contributed by atoms with Gasteiger partial charge in [-0.2, -0.15) is 4.68 Å². The van der Waals surface area contributed by atoms with Gasteiger partial charge in [0.25, 0.3) is 5.91 Å². The molecule has 1 saturated heterocycles. The highest BCUT2D eigenvalue weighted by molar-refractivity contribution is 9.10. The van der Waals surface area contributed by atoms with Crippen LogP contribution in [0.5, 0.6) is 0 Å². The second kappa shape index (κ2) is 5.68. The highest BCUT2D eigenvalue weighted by Crippen LogP contribution is 2.22. The van der Waals surface area contributed by atoms with Gasteiger partial charge < -0.3 is 9.64 Å². The van der Waals surface area contributed by atoms with E-state index >= 15 is 0 Å². The molecule has 0 aliphatic carbocycles. The largest absolute Gasteiger partial charge is 0.378 e. The SMILES string of the molecule is O=C(c1ccc(Br)c(-n2cnnn2)c1)N1CCOCC1. The third kappa shape index (κ3) is 2.56. The van der Waals surface area contributed by atoms with Crippen LogP contribution in [0, 0.1) is 0 Å². The molecule has 7 nitrogen and oxygen atoms in total. The van der Waals surface area contributed by atoms with Crippen LogP contribution in [0.1, 0.15) is 10.4 Å². The minimum absolute atomic E-state index is 0.00451. The van der Waals surface area contributed by atoms with Crippen molar-refractivity contribution in [1.29, 1.82) is 0 Å². The number of carbonyl (C=O) groups excluding carboxylic acids is 1. The van der Waals surface area contributed by atoms with E-state index in [-0.39, 0.29) is 5.91 Å². The predicted octanol–water partition coefficient (Wildman–Crippen LogP) is 0.897. The van der Waals surface area contributed by atoms with Crippen LogP contribution in [0.15, 0.2) is 29.0 Å². The summed E-state index contributed by atoms with van der Waals surface area (Å²) < 4.78 is 7.59. The Morgan fingerprint density at radius 1 is 1.30 bits per heavy atom. The van der Waals surface area contributed by atoms with E-state index in [1.807, 2.05) is 6.07 Å². The van der Waals surface area contributed by atoms with Gasteiger partial charge in [0.1, 0.15) is 6.33 Å². The van der Waals surface area contributed by atoms with Gasteiger partial charge >= 0.3 is 0 Å². The quantitative estimate of drug-likeness (QED) is 0.813. The minimum Gasteiger partial charge on any atom is -0.378 e. The molecular formula is C12H12BrN5O2. The van der Waals surface area contributed by atoms with E-state index < -0.39 is 0 Å². The first-order chi connectivity index (χ1) is 9.75. The Hall–Kier alpha value is -1.80. The van der Waals surface area contributed by atoms with Gasteiger partial charge in [-0.15, -0.1) is 5.10 Å². The first-order valence-corrected chi connectivity index (χ1v) is 6.95. The maximum atomic E-state index is 12.4. The number of tetrazole rings is 1. The summed E-state index contributed by atoms with van der Waals surface area (Å²) in [6.07, 6.45) is 1.49. The number of halogens is 1. The van der Waals surface area contributed by atoms with Crippen LogP contribution in [-0.2, 0) is 4.74 Å². The Morgan fingerprint density at radius 3 is 2.80 bits per heavy atom. The summed E-state index contributed by atoms with van der Waals surface area (Å²) in [4.78, 5) is 14.2. The van der Waals surface area contributed by atoms with E-state index in [0.29, 0.717) is 31.9 Å². The summed E-state index contributed by atoms with van der Waals surface area (Å²) in [5, 5.41) is 11.0. The molecule has 1 aromatic heterocycles. The number of hydrogen-bond acceptors (Lipinski definition) is 5. The fourth-order valence-electron chi connectivity index (χ4n) is 2.04. The van der Waals surface area contributed by atoms with Gasteiger partial charge in [-0.25, -0.2) is 0 Å². The number of carbonyl (C=O) groups is 1. The summed E-state index contributed by atoms with van der Waals surface area (Å²) >= 11 is 3.44. The smallest absolute Gasteiger partial charge is 0.254 e. The van der Waals surface area contributed by atoms with E-state index in [9.17, 15) is 4.79 Å². The van der Waals surface area contributed by atoms with Crippen molar-refractivity contribution < 1.29 is 9.53 Å². The number of nitrogens with zero attached hydrogens (tertiary/aromatic N) is 5. The van der Waals surface area contributed by atoms with E-state index in [1.165, 1.54) is 11.0 Å². The monoisotopic (exact) mass is 337 g/mol. The number of ether oxygens (including phenoxy) is 1. The molecule has 0 saturated carbocycles. The number of morpholine rings is 1. The van der Waals surface area contributed by atoms with Gasteiger partial charge in [0.15, 0.2) is 0 Å². The van der Waals surface area contributed by atoms with Crippen molar-refractivity contribution in [3.63, 3.8) is 0 Å². The molecule has 0 radical (unpaired) electrons. The Morgan fingerprint density at radius 2 is 2.10 bits per heavy atom. The molecule has 1 fully saturated rings. The molecule has 0 spiro atoms. The molecule has 104 valence electrons. The average molecular weight is 338 g/mol. The second-order valence-electron chi connectivity index (χ2n) is 4.33. The van der Waals surface area contributed by atoms with Crippen LogP contribution in [0.25, 0.3) is 5.69 Å². The molecular weight excluding hydrogens is 326 g/mol. The minimum atomic E-state index is -0.00451. The second-order valence-corrected chi connectivity index (χ2v) is 5.18. The van der Waals surface area contributed by atoms with Crippen molar-refractivity contribution in [3.05, 3.63) is 34.6 Å². The third-order valence-corrected chi connectivity index (χ3v) is 3.76. The van der Waals surface area contributed by atoms with Crippen LogP contribution in [0.3, 0.4) is 0 Å². The lowest BCUT2D eigenvalue weighted by atomic mass is 10.1. The highest BCUT2D eigenvalue weighted by Gasteiger charge is 2.19. The van der Waals surface area contributed by atoms with Crippen molar-refractivity contribution >= 4 is 21.8 Å². The maximum absolute atomic E-state index is 12.4. The maximum Gasteiger partial charge on any atom is 0.254 e. The Balaban J connectivity index is 1.90. The molecule has 1 aromatic carbocycles.